The molecule has 0 aliphatic heterocycles. The lowest BCUT2D eigenvalue weighted by Crippen LogP contribution is -2.30. The molecule has 0 aliphatic rings. The maximum absolute atomic E-state index is 11.9. The number of carbonyl (C=O) groups is 1. The summed E-state index contributed by atoms with van der Waals surface area (Å²) in [7, 11) is 0. The van der Waals surface area contributed by atoms with E-state index in [1.807, 2.05) is 43.3 Å². The molecule has 1 aromatic carbocycles. The number of benzene rings is 1. The molecule has 1 amide bonds. The van der Waals surface area contributed by atoms with Crippen molar-refractivity contribution < 1.29 is 4.79 Å². The standard InChI is InChI=1S/C13H13N5O/c1-10(11-5-3-2-4-6-11)16-13(19)8-18-9-15-17-12(18)7-14/h2-6,9-10H,8H2,1H3,(H,16,19). The summed E-state index contributed by atoms with van der Waals surface area (Å²) in [6.45, 7) is 1.94. The average molecular weight is 255 g/mol. The van der Waals surface area contributed by atoms with Gasteiger partial charge in [-0.25, -0.2) is 0 Å². The summed E-state index contributed by atoms with van der Waals surface area (Å²) >= 11 is 0. The molecule has 1 atom stereocenters. The van der Waals surface area contributed by atoms with Crippen LogP contribution in [0.25, 0.3) is 0 Å². The molecule has 19 heavy (non-hydrogen) atoms. The summed E-state index contributed by atoms with van der Waals surface area (Å²) in [5.41, 5.74) is 1.03. The Morgan fingerprint density at radius 1 is 1.47 bits per heavy atom. The van der Waals surface area contributed by atoms with E-state index in [4.69, 9.17) is 5.26 Å². The number of rotatable bonds is 4. The van der Waals surface area contributed by atoms with E-state index in [0.29, 0.717) is 0 Å². The molecule has 0 bridgehead atoms. The SMILES string of the molecule is CC(NC(=O)Cn1cnnc1C#N)c1ccccc1. The molecule has 0 fully saturated rings. The normalized spacial score (nSPS) is 11.6. The lowest BCUT2D eigenvalue weighted by Gasteiger charge is -2.14. The van der Waals surface area contributed by atoms with Gasteiger partial charge in [0.25, 0.3) is 0 Å². The third-order valence-corrected chi connectivity index (χ3v) is 2.71. The smallest absolute Gasteiger partial charge is 0.240 e. The molecule has 6 heteroatoms. The van der Waals surface area contributed by atoms with Crippen LogP contribution in [0.4, 0.5) is 0 Å². The maximum Gasteiger partial charge on any atom is 0.240 e. The van der Waals surface area contributed by atoms with Crippen molar-refractivity contribution >= 4 is 5.91 Å². The highest BCUT2D eigenvalue weighted by Gasteiger charge is 2.11. The number of hydrogen-bond donors (Lipinski definition) is 1. The summed E-state index contributed by atoms with van der Waals surface area (Å²) in [5.74, 6) is -0.0600. The second-order valence-corrected chi connectivity index (χ2v) is 4.09. The van der Waals surface area contributed by atoms with Crippen LogP contribution in [0, 0.1) is 11.3 Å². The monoisotopic (exact) mass is 255 g/mol. The van der Waals surface area contributed by atoms with Gasteiger partial charge in [0.05, 0.1) is 6.04 Å². The second-order valence-electron chi connectivity index (χ2n) is 4.09. The summed E-state index contributed by atoms with van der Waals surface area (Å²) in [4.78, 5) is 11.9. The van der Waals surface area contributed by atoms with Crippen molar-refractivity contribution in [1.82, 2.24) is 20.1 Å². The maximum atomic E-state index is 11.9. The minimum absolute atomic E-state index is 0.0348. The zero-order chi connectivity index (χ0) is 13.7. The first-order chi connectivity index (χ1) is 9.20. The van der Waals surface area contributed by atoms with Crippen LogP contribution in [0.5, 0.6) is 0 Å². The number of nitriles is 1. The Morgan fingerprint density at radius 3 is 2.89 bits per heavy atom. The van der Waals surface area contributed by atoms with Crippen LogP contribution in [0.2, 0.25) is 0 Å². The Bertz CT molecular complexity index is 599. The molecule has 1 aromatic heterocycles. The molecule has 6 nitrogen and oxygen atoms in total. The highest BCUT2D eigenvalue weighted by molar-refractivity contribution is 5.76. The van der Waals surface area contributed by atoms with Crippen molar-refractivity contribution in [2.24, 2.45) is 0 Å². The van der Waals surface area contributed by atoms with Crippen LogP contribution in [0.15, 0.2) is 36.7 Å². The van der Waals surface area contributed by atoms with E-state index < -0.39 is 0 Å². The van der Waals surface area contributed by atoms with Crippen molar-refractivity contribution in [3.63, 3.8) is 0 Å². The van der Waals surface area contributed by atoms with E-state index in [9.17, 15) is 4.79 Å². The molecule has 1 unspecified atom stereocenters. The third kappa shape index (κ3) is 3.16. The topological polar surface area (TPSA) is 83.6 Å². The first-order valence-corrected chi connectivity index (χ1v) is 5.83. The lowest BCUT2D eigenvalue weighted by atomic mass is 10.1. The van der Waals surface area contributed by atoms with Crippen LogP contribution in [0.1, 0.15) is 24.4 Å². The fourth-order valence-corrected chi connectivity index (χ4v) is 1.72. The van der Waals surface area contributed by atoms with Crippen LogP contribution in [-0.4, -0.2) is 20.7 Å². The average Bonchev–Trinajstić information content (AvgIpc) is 2.86. The Labute approximate surface area is 110 Å². The largest absolute Gasteiger partial charge is 0.348 e. The third-order valence-electron chi connectivity index (χ3n) is 2.71. The number of aromatic nitrogens is 3. The van der Waals surface area contributed by atoms with E-state index >= 15 is 0 Å². The Kier molecular flexibility index (Phi) is 3.88. The van der Waals surface area contributed by atoms with E-state index in [0.717, 1.165) is 5.56 Å². The minimum Gasteiger partial charge on any atom is -0.348 e. The number of nitrogens with one attached hydrogen (secondary N) is 1. The van der Waals surface area contributed by atoms with E-state index in [-0.39, 0.29) is 24.3 Å². The van der Waals surface area contributed by atoms with Gasteiger partial charge >= 0.3 is 0 Å². The summed E-state index contributed by atoms with van der Waals surface area (Å²) in [5, 5.41) is 18.8. The molecule has 96 valence electrons. The Morgan fingerprint density at radius 2 is 2.21 bits per heavy atom. The van der Waals surface area contributed by atoms with Gasteiger partial charge in [-0.3, -0.25) is 9.36 Å². The number of carbonyl (C=O) groups excluding carboxylic acids is 1. The van der Waals surface area contributed by atoms with Gasteiger partial charge < -0.3 is 5.32 Å². The highest BCUT2D eigenvalue weighted by Crippen LogP contribution is 2.10. The predicted octanol–water partition coefficient (Wildman–Crippen LogP) is 1.03. The van der Waals surface area contributed by atoms with E-state index in [1.165, 1.54) is 10.9 Å². The second kappa shape index (κ2) is 5.78. The van der Waals surface area contributed by atoms with Crippen LogP contribution >= 0.6 is 0 Å². The Hall–Kier alpha value is -2.68. The Balaban J connectivity index is 1.97. The van der Waals surface area contributed by atoms with Crippen molar-refractivity contribution in [3.8, 4) is 6.07 Å². The zero-order valence-electron chi connectivity index (χ0n) is 10.4. The number of amides is 1. The number of nitrogens with zero attached hydrogens (tertiary/aromatic N) is 4. The van der Waals surface area contributed by atoms with Crippen molar-refractivity contribution in [3.05, 3.63) is 48.0 Å². The fourth-order valence-electron chi connectivity index (χ4n) is 1.72. The molecule has 2 rings (SSSR count). The lowest BCUT2D eigenvalue weighted by molar-refractivity contribution is -0.122. The molecule has 0 saturated carbocycles. The minimum atomic E-state index is -0.187. The first-order valence-electron chi connectivity index (χ1n) is 5.83. The van der Waals surface area contributed by atoms with Gasteiger partial charge in [-0.05, 0) is 12.5 Å². The van der Waals surface area contributed by atoms with Crippen molar-refractivity contribution in [2.45, 2.75) is 19.5 Å². The van der Waals surface area contributed by atoms with Gasteiger partial charge in [-0.15, -0.1) is 10.2 Å². The highest BCUT2D eigenvalue weighted by atomic mass is 16.2. The zero-order valence-corrected chi connectivity index (χ0v) is 10.4. The molecule has 2 aromatic rings. The van der Waals surface area contributed by atoms with Gasteiger partial charge in [-0.1, -0.05) is 30.3 Å². The molecule has 0 radical (unpaired) electrons. The number of hydrogen-bond acceptors (Lipinski definition) is 4. The van der Waals surface area contributed by atoms with Crippen LogP contribution in [-0.2, 0) is 11.3 Å². The molecular weight excluding hydrogens is 242 g/mol. The van der Waals surface area contributed by atoms with Gasteiger partial charge in [0.15, 0.2) is 0 Å². The predicted molar refractivity (Wildman–Crippen MR) is 67.7 cm³/mol. The van der Waals surface area contributed by atoms with Gasteiger partial charge in [0.2, 0.25) is 11.7 Å². The molecule has 0 aliphatic carbocycles. The van der Waals surface area contributed by atoms with E-state index in [2.05, 4.69) is 15.5 Å². The van der Waals surface area contributed by atoms with E-state index in [1.54, 1.807) is 0 Å². The molecule has 0 saturated heterocycles. The molecular formula is C13H13N5O. The summed E-state index contributed by atoms with van der Waals surface area (Å²) in [6, 6.07) is 11.5. The molecule has 0 spiro atoms. The summed E-state index contributed by atoms with van der Waals surface area (Å²) in [6.07, 6.45) is 1.37. The quantitative estimate of drug-likeness (QED) is 0.884. The van der Waals surface area contributed by atoms with Gasteiger partial charge in [-0.2, -0.15) is 5.26 Å². The van der Waals surface area contributed by atoms with Gasteiger partial charge in [0, 0.05) is 0 Å². The van der Waals surface area contributed by atoms with Crippen molar-refractivity contribution in [2.75, 3.05) is 0 Å². The van der Waals surface area contributed by atoms with Gasteiger partial charge in [0.1, 0.15) is 18.9 Å². The molecule has 1 N–H and O–H groups in total. The van der Waals surface area contributed by atoms with Crippen molar-refractivity contribution in [1.29, 1.82) is 5.26 Å². The molecule has 1 heterocycles. The summed E-state index contributed by atoms with van der Waals surface area (Å²) < 4.78 is 1.41. The van der Waals surface area contributed by atoms with Crippen LogP contribution in [0.3, 0.4) is 0 Å². The van der Waals surface area contributed by atoms with Crippen LogP contribution < -0.4 is 5.32 Å². The first kappa shape index (κ1) is 12.8. The fraction of sp³-hybridized carbons (Fsp3) is 0.231.